The first-order valence-electron chi connectivity index (χ1n) is 11.0. The lowest BCUT2D eigenvalue weighted by atomic mass is 9.87. The maximum absolute atomic E-state index is 12.6. The van der Waals surface area contributed by atoms with Gasteiger partial charge in [-0.15, -0.1) is 24.8 Å². The second kappa shape index (κ2) is 12.8. The molecule has 196 valence electrons. The molecule has 2 aromatic carbocycles. The first-order valence-corrected chi connectivity index (χ1v) is 14.0. The minimum Gasteiger partial charge on any atom is -0.326 e. The van der Waals surface area contributed by atoms with Crippen LogP contribution in [0.3, 0.4) is 0 Å². The van der Waals surface area contributed by atoms with Crippen molar-refractivity contribution in [1.29, 1.82) is 0 Å². The van der Waals surface area contributed by atoms with E-state index in [1.807, 2.05) is 31.2 Å². The Hall–Kier alpha value is -2.23. The number of sulfone groups is 1. The molecule has 0 atom stereocenters. The standard InChI is InChI=1S/C26H30N2O4S2.2ClH/c1-16(2)14-23-22(15-27)25(19-8-6-17(3)7-9-19)24(18(4)28-23)26(33(29)30)20-10-12-21(13-11-20)34(5,31)32;;/h6-13,16H,14-15,27H2,1-5H3;2*1H. The predicted molar refractivity (Wildman–Crippen MR) is 152 cm³/mol. The van der Waals surface area contributed by atoms with Gasteiger partial charge in [0.05, 0.1) is 4.90 Å². The number of halogens is 2. The van der Waals surface area contributed by atoms with Gasteiger partial charge in [0, 0.05) is 29.8 Å². The quantitative estimate of drug-likeness (QED) is 0.325. The molecule has 3 rings (SSSR count). The van der Waals surface area contributed by atoms with Crippen LogP contribution in [0.1, 0.15) is 47.5 Å². The van der Waals surface area contributed by atoms with Gasteiger partial charge in [0.25, 0.3) is 0 Å². The maximum atomic E-state index is 12.6. The van der Waals surface area contributed by atoms with Crippen molar-refractivity contribution in [3.63, 3.8) is 0 Å². The average Bonchev–Trinajstić information content (AvgIpc) is 2.75. The van der Waals surface area contributed by atoms with E-state index in [4.69, 9.17) is 10.7 Å². The van der Waals surface area contributed by atoms with Crippen molar-refractivity contribution >= 4 is 49.8 Å². The molecular weight excluding hydrogens is 539 g/mol. The van der Waals surface area contributed by atoms with Crippen LogP contribution in [-0.2, 0) is 33.1 Å². The molecule has 0 saturated heterocycles. The second-order valence-corrected chi connectivity index (χ2v) is 11.8. The van der Waals surface area contributed by atoms with E-state index in [1.165, 1.54) is 24.3 Å². The highest BCUT2D eigenvalue weighted by atomic mass is 35.5. The average molecular weight is 572 g/mol. The van der Waals surface area contributed by atoms with Gasteiger partial charge in [-0.2, -0.15) is 8.42 Å². The number of rotatable bonds is 7. The van der Waals surface area contributed by atoms with Crippen molar-refractivity contribution in [2.45, 2.75) is 45.6 Å². The number of nitrogens with zero attached hydrogens (tertiary/aromatic N) is 1. The molecule has 36 heavy (non-hydrogen) atoms. The van der Waals surface area contributed by atoms with E-state index >= 15 is 0 Å². The first-order chi connectivity index (χ1) is 15.9. The van der Waals surface area contributed by atoms with E-state index in [9.17, 15) is 16.8 Å². The van der Waals surface area contributed by atoms with Crippen molar-refractivity contribution in [3.05, 3.63) is 82.2 Å². The summed E-state index contributed by atoms with van der Waals surface area (Å²) in [5.41, 5.74) is 12.0. The van der Waals surface area contributed by atoms with E-state index in [0.717, 1.165) is 34.2 Å². The smallest absolute Gasteiger partial charge is 0.222 e. The summed E-state index contributed by atoms with van der Waals surface area (Å²) in [5, 5.41) is 0. The monoisotopic (exact) mass is 570 g/mol. The van der Waals surface area contributed by atoms with E-state index in [1.54, 1.807) is 6.92 Å². The van der Waals surface area contributed by atoms with Gasteiger partial charge in [-0.1, -0.05) is 55.8 Å². The van der Waals surface area contributed by atoms with Crippen LogP contribution in [0.4, 0.5) is 0 Å². The molecule has 1 aromatic heterocycles. The topological polar surface area (TPSA) is 107 Å². The van der Waals surface area contributed by atoms with Gasteiger partial charge in [0.2, 0.25) is 10.3 Å². The van der Waals surface area contributed by atoms with Crippen LogP contribution in [0.5, 0.6) is 0 Å². The molecule has 0 aliphatic heterocycles. The minimum atomic E-state index is -3.41. The van der Waals surface area contributed by atoms with Crippen LogP contribution >= 0.6 is 24.8 Å². The Morgan fingerprint density at radius 1 is 0.972 bits per heavy atom. The van der Waals surface area contributed by atoms with Crippen LogP contribution in [-0.4, -0.2) is 32.9 Å². The highest BCUT2D eigenvalue weighted by Crippen LogP contribution is 2.34. The molecule has 6 nitrogen and oxygen atoms in total. The van der Waals surface area contributed by atoms with Crippen molar-refractivity contribution in [1.82, 2.24) is 4.98 Å². The van der Waals surface area contributed by atoms with E-state index in [0.29, 0.717) is 29.2 Å². The fourth-order valence-electron chi connectivity index (χ4n) is 4.07. The summed E-state index contributed by atoms with van der Waals surface area (Å²) in [4.78, 5) is 4.99. The summed E-state index contributed by atoms with van der Waals surface area (Å²) in [7, 11) is -6.04. The number of pyridine rings is 1. The highest BCUT2D eigenvalue weighted by Gasteiger charge is 2.24. The lowest BCUT2D eigenvalue weighted by Crippen LogP contribution is -2.17. The van der Waals surface area contributed by atoms with E-state index in [2.05, 4.69) is 13.8 Å². The molecule has 0 aliphatic carbocycles. The molecule has 0 bridgehead atoms. The molecule has 0 fully saturated rings. The molecule has 3 aromatic rings. The third-order valence-corrected chi connectivity index (χ3v) is 7.55. The summed E-state index contributed by atoms with van der Waals surface area (Å²) in [6, 6.07) is 13.8. The van der Waals surface area contributed by atoms with Gasteiger partial charge in [-0.05, 0) is 60.6 Å². The predicted octanol–water partition coefficient (Wildman–Crippen LogP) is 4.72. The molecule has 1 heterocycles. The fraction of sp³-hybridized carbons (Fsp3) is 0.308. The van der Waals surface area contributed by atoms with Crippen molar-refractivity contribution in [2.75, 3.05) is 6.26 Å². The maximum Gasteiger partial charge on any atom is 0.222 e. The Balaban J connectivity index is 0.00000324. The van der Waals surface area contributed by atoms with E-state index < -0.39 is 20.1 Å². The molecular formula is C26H32Cl2N2O4S2. The normalized spacial score (nSPS) is 11.0. The van der Waals surface area contributed by atoms with Gasteiger partial charge in [0.15, 0.2) is 9.84 Å². The molecule has 0 spiro atoms. The Morgan fingerprint density at radius 3 is 1.97 bits per heavy atom. The highest BCUT2D eigenvalue weighted by molar-refractivity contribution is 7.90. The zero-order chi connectivity index (χ0) is 25.2. The Kier molecular flexibility index (Phi) is 11.3. The number of nitrogens with two attached hydrogens (primary N) is 1. The Labute approximate surface area is 227 Å². The number of benzene rings is 2. The molecule has 0 unspecified atom stereocenters. The summed E-state index contributed by atoms with van der Waals surface area (Å²) >= 11 is 0. The number of aromatic nitrogens is 1. The van der Waals surface area contributed by atoms with Gasteiger partial charge in [0.1, 0.15) is 4.86 Å². The molecule has 10 heteroatoms. The second-order valence-electron chi connectivity index (χ2n) is 8.90. The minimum absolute atomic E-state index is 0. The van der Waals surface area contributed by atoms with Gasteiger partial charge in [-0.25, -0.2) is 8.42 Å². The zero-order valence-electron chi connectivity index (χ0n) is 20.9. The SMILES string of the molecule is Cc1ccc(-c2c(CN)c(CC(C)C)nc(C)c2C(c2ccc(S(C)(=O)=O)cc2)=S(=O)=O)cc1.Cl.Cl. The van der Waals surface area contributed by atoms with E-state index in [-0.39, 0.29) is 41.1 Å². The van der Waals surface area contributed by atoms with Crippen LogP contribution in [0.15, 0.2) is 53.4 Å². The van der Waals surface area contributed by atoms with Gasteiger partial charge < -0.3 is 5.73 Å². The van der Waals surface area contributed by atoms with Crippen molar-refractivity contribution in [2.24, 2.45) is 11.7 Å². The van der Waals surface area contributed by atoms with Gasteiger partial charge in [-0.3, -0.25) is 4.98 Å². The third-order valence-electron chi connectivity index (χ3n) is 5.65. The summed E-state index contributed by atoms with van der Waals surface area (Å²) < 4.78 is 49.0. The molecule has 0 aliphatic rings. The van der Waals surface area contributed by atoms with Crippen LogP contribution in [0, 0.1) is 19.8 Å². The Morgan fingerprint density at radius 2 is 1.53 bits per heavy atom. The third kappa shape index (κ3) is 6.95. The molecule has 0 amide bonds. The number of hydrogen-bond acceptors (Lipinski definition) is 6. The number of aryl methyl sites for hydroxylation is 2. The van der Waals surface area contributed by atoms with Crippen LogP contribution < -0.4 is 5.73 Å². The van der Waals surface area contributed by atoms with Crippen LogP contribution in [0.2, 0.25) is 0 Å². The fourth-order valence-corrected chi connectivity index (χ4v) is 5.45. The summed E-state index contributed by atoms with van der Waals surface area (Å²) in [6.07, 6.45) is 1.83. The lowest BCUT2D eigenvalue weighted by Gasteiger charge is -2.21. The largest absolute Gasteiger partial charge is 0.326 e. The lowest BCUT2D eigenvalue weighted by molar-refractivity contribution is 0.602. The molecule has 0 saturated carbocycles. The van der Waals surface area contributed by atoms with Gasteiger partial charge >= 0.3 is 0 Å². The summed E-state index contributed by atoms with van der Waals surface area (Å²) in [5.74, 6) is 0.342. The number of hydrogen-bond donors (Lipinski definition) is 1. The molecule has 2 N–H and O–H groups in total. The van der Waals surface area contributed by atoms with Crippen molar-refractivity contribution in [3.8, 4) is 11.1 Å². The van der Waals surface area contributed by atoms with Crippen LogP contribution in [0.25, 0.3) is 11.1 Å². The Bertz CT molecular complexity index is 1460. The molecule has 0 radical (unpaired) electrons. The first kappa shape index (κ1) is 31.8. The van der Waals surface area contributed by atoms with Crippen molar-refractivity contribution < 1.29 is 16.8 Å². The zero-order valence-corrected chi connectivity index (χ0v) is 24.2. The summed E-state index contributed by atoms with van der Waals surface area (Å²) in [6.45, 7) is 8.20.